The van der Waals surface area contributed by atoms with E-state index in [4.69, 9.17) is 0 Å². The zero-order chi connectivity index (χ0) is 11.7. The number of halogens is 1. The number of pyridine rings is 1. The topological polar surface area (TPSA) is 17.8 Å². The van der Waals surface area contributed by atoms with Gasteiger partial charge in [0, 0.05) is 25.1 Å². The fourth-order valence-corrected chi connectivity index (χ4v) is 1.98. The van der Waals surface area contributed by atoms with Gasteiger partial charge in [-0.15, -0.1) is 0 Å². The van der Waals surface area contributed by atoms with Gasteiger partial charge in [0.2, 0.25) is 0 Å². The fourth-order valence-electron chi connectivity index (χ4n) is 1.98. The second kappa shape index (κ2) is 4.01. The van der Waals surface area contributed by atoms with Crippen LogP contribution in [0.15, 0.2) is 55.0 Å². The van der Waals surface area contributed by atoms with Crippen molar-refractivity contribution >= 4 is 10.9 Å². The molecule has 0 aliphatic carbocycles. The summed E-state index contributed by atoms with van der Waals surface area (Å²) in [5, 5.41) is 1.06. The third-order valence-electron chi connectivity index (χ3n) is 2.84. The summed E-state index contributed by atoms with van der Waals surface area (Å²) in [4.78, 5) is 3.98. The number of hydrogen-bond acceptors (Lipinski definition) is 1. The van der Waals surface area contributed by atoms with Gasteiger partial charge in [-0.1, -0.05) is 0 Å². The van der Waals surface area contributed by atoms with Crippen molar-refractivity contribution in [2.45, 2.75) is 6.54 Å². The van der Waals surface area contributed by atoms with Gasteiger partial charge < -0.3 is 4.57 Å². The van der Waals surface area contributed by atoms with E-state index in [9.17, 15) is 4.39 Å². The van der Waals surface area contributed by atoms with Gasteiger partial charge in [-0.2, -0.15) is 0 Å². The van der Waals surface area contributed by atoms with E-state index in [-0.39, 0.29) is 5.82 Å². The third kappa shape index (κ3) is 1.91. The molecule has 0 saturated carbocycles. The summed E-state index contributed by atoms with van der Waals surface area (Å²) in [7, 11) is 0. The van der Waals surface area contributed by atoms with Crippen LogP contribution in [0.1, 0.15) is 5.56 Å². The van der Waals surface area contributed by atoms with Crippen LogP contribution >= 0.6 is 0 Å². The maximum absolute atomic E-state index is 13.2. The first-order valence-electron chi connectivity index (χ1n) is 5.46. The molecule has 0 N–H and O–H groups in total. The molecule has 0 fully saturated rings. The van der Waals surface area contributed by atoms with Crippen LogP contribution in [0.5, 0.6) is 0 Å². The summed E-state index contributed by atoms with van der Waals surface area (Å²) in [6, 6.07) is 10.8. The Labute approximate surface area is 98.3 Å². The highest BCUT2D eigenvalue weighted by atomic mass is 19.1. The highest BCUT2D eigenvalue weighted by molar-refractivity contribution is 5.80. The van der Waals surface area contributed by atoms with E-state index in [1.165, 1.54) is 6.07 Å². The Hall–Kier alpha value is -2.16. The zero-order valence-corrected chi connectivity index (χ0v) is 9.18. The molecule has 84 valence electrons. The van der Waals surface area contributed by atoms with E-state index in [2.05, 4.69) is 4.98 Å². The Morgan fingerprint density at radius 3 is 2.71 bits per heavy atom. The van der Waals surface area contributed by atoms with Crippen molar-refractivity contribution in [1.82, 2.24) is 9.55 Å². The van der Waals surface area contributed by atoms with Crippen molar-refractivity contribution in [1.29, 1.82) is 0 Å². The molecule has 3 aromatic rings. The monoisotopic (exact) mass is 226 g/mol. The number of benzene rings is 1. The van der Waals surface area contributed by atoms with E-state index in [0.717, 1.165) is 23.0 Å². The van der Waals surface area contributed by atoms with Crippen LogP contribution in [0, 0.1) is 5.82 Å². The molecule has 0 saturated heterocycles. The molecular formula is C14H11FN2. The normalized spacial score (nSPS) is 10.9. The molecular weight excluding hydrogens is 215 g/mol. The van der Waals surface area contributed by atoms with Gasteiger partial charge in [0.25, 0.3) is 0 Å². The number of nitrogens with zero attached hydrogens (tertiary/aromatic N) is 2. The van der Waals surface area contributed by atoms with Gasteiger partial charge in [0.05, 0.1) is 5.52 Å². The fraction of sp³-hybridized carbons (Fsp3) is 0.0714. The second-order valence-electron chi connectivity index (χ2n) is 4.00. The molecule has 0 unspecified atom stereocenters. The summed E-state index contributed by atoms with van der Waals surface area (Å²) >= 11 is 0. The first-order valence-corrected chi connectivity index (χ1v) is 5.46. The van der Waals surface area contributed by atoms with Gasteiger partial charge in [0.15, 0.2) is 0 Å². The molecule has 1 aromatic carbocycles. The molecule has 2 nitrogen and oxygen atoms in total. The van der Waals surface area contributed by atoms with E-state index in [0.29, 0.717) is 0 Å². The van der Waals surface area contributed by atoms with Gasteiger partial charge >= 0.3 is 0 Å². The van der Waals surface area contributed by atoms with Gasteiger partial charge in [-0.05, 0) is 47.3 Å². The summed E-state index contributed by atoms with van der Waals surface area (Å²) in [5.41, 5.74) is 2.07. The average molecular weight is 226 g/mol. The van der Waals surface area contributed by atoms with Crippen LogP contribution < -0.4 is 0 Å². The van der Waals surface area contributed by atoms with Crippen molar-refractivity contribution in [3.05, 3.63) is 66.4 Å². The number of fused-ring (bicyclic) bond motifs is 1. The summed E-state index contributed by atoms with van der Waals surface area (Å²) in [5.74, 6) is -0.202. The molecule has 0 atom stereocenters. The van der Waals surface area contributed by atoms with E-state index >= 15 is 0 Å². The largest absolute Gasteiger partial charge is 0.343 e. The van der Waals surface area contributed by atoms with Gasteiger partial charge in [-0.25, -0.2) is 4.39 Å². The minimum atomic E-state index is -0.202. The molecule has 0 radical (unpaired) electrons. The standard InChI is InChI=1S/C14H11FN2/c15-13-2-1-12-5-8-17(14(12)9-13)10-11-3-6-16-7-4-11/h1-9H,10H2. The molecule has 2 aromatic heterocycles. The van der Waals surface area contributed by atoms with E-state index in [1.807, 2.05) is 29.0 Å². The highest BCUT2D eigenvalue weighted by Crippen LogP contribution is 2.18. The maximum atomic E-state index is 13.2. The summed E-state index contributed by atoms with van der Waals surface area (Å²) < 4.78 is 15.2. The molecule has 0 spiro atoms. The molecule has 0 amide bonds. The van der Waals surface area contributed by atoms with Crippen molar-refractivity contribution in [3.63, 3.8) is 0 Å². The lowest BCUT2D eigenvalue weighted by atomic mass is 10.2. The Morgan fingerprint density at radius 2 is 1.88 bits per heavy atom. The SMILES string of the molecule is Fc1ccc2ccn(Cc3ccncc3)c2c1. The minimum Gasteiger partial charge on any atom is -0.343 e. The van der Waals surface area contributed by atoms with Crippen molar-refractivity contribution < 1.29 is 4.39 Å². The molecule has 3 heteroatoms. The van der Waals surface area contributed by atoms with Crippen LogP contribution in [0.2, 0.25) is 0 Å². The first kappa shape index (κ1) is 10.0. The van der Waals surface area contributed by atoms with Crippen LogP contribution in [0.4, 0.5) is 4.39 Å². The smallest absolute Gasteiger partial charge is 0.125 e. The Morgan fingerprint density at radius 1 is 1.06 bits per heavy atom. The van der Waals surface area contributed by atoms with Crippen LogP contribution in [-0.2, 0) is 6.54 Å². The van der Waals surface area contributed by atoms with E-state index < -0.39 is 0 Å². The molecule has 0 bridgehead atoms. The number of rotatable bonds is 2. The zero-order valence-electron chi connectivity index (χ0n) is 9.18. The van der Waals surface area contributed by atoms with Gasteiger partial charge in [-0.3, -0.25) is 4.98 Å². The predicted molar refractivity (Wildman–Crippen MR) is 65.2 cm³/mol. The Balaban J connectivity index is 2.03. The van der Waals surface area contributed by atoms with Crippen LogP contribution in [0.3, 0.4) is 0 Å². The van der Waals surface area contributed by atoms with Crippen LogP contribution in [0.25, 0.3) is 10.9 Å². The van der Waals surface area contributed by atoms with Crippen molar-refractivity contribution in [2.75, 3.05) is 0 Å². The minimum absolute atomic E-state index is 0.202. The van der Waals surface area contributed by atoms with Crippen LogP contribution in [-0.4, -0.2) is 9.55 Å². The molecule has 3 rings (SSSR count). The van der Waals surface area contributed by atoms with Crippen molar-refractivity contribution in [3.8, 4) is 0 Å². The lowest BCUT2D eigenvalue weighted by Gasteiger charge is -2.05. The lowest BCUT2D eigenvalue weighted by molar-refractivity contribution is 0.628. The maximum Gasteiger partial charge on any atom is 0.125 e. The molecule has 2 heterocycles. The number of hydrogen-bond donors (Lipinski definition) is 0. The molecule has 0 aliphatic heterocycles. The van der Waals surface area contributed by atoms with Gasteiger partial charge in [0.1, 0.15) is 5.82 Å². The Bertz CT molecular complexity index is 644. The summed E-state index contributed by atoms with van der Waals surface area (Å²) in [6.07, 6.45) is 5.51. The highest BCUT2D eigenvalue weighted by Gasteiger charge is 2.02. The van der Waals surface area contributed by atoms with Crippen molar-refractivity contribution in [2.24, 2.45) is 0 Å². The molecule has 0 aliphatic rings. The lowest BCUT2D eigenvalue weighted by Crippen LogP contribution is -1.97. The second-order valence-corrected chi connectivity index (χ2v) is 4.00. The third-order valence-corrected chi connectivity index (χ3v) is 2.84. The molecule has 17 heavy (non-hydrogen) atoms. The Kier molecular flexibility index (Phi) is 2.37. The number of aromatic nitrogens is 2. The first-order chi connectivity index (χ1) is 8.33. The van der Waals surface area contributed by atoms with E-state index in [1.54, 1.807) is 24.5 Å². The predicted octanol–water partition coefficient (Wildman–Crippen LogP) is 3.22. The average Bonchev–Trinajstić information content (AvgIpc) is 2.73. The summed E-state index contributed by atoms with van der Waals surface area (Å²) in [6.45, 7) is 0.732. The quantitative estimate of drug-likeness (QED) is 0.656.